The van der Waals surface area contributed by atoms with Gasteiger partial charge in [-0.1, -0.05) is 29.8 Å². The Labute approximate surface area is 135 Å². The highest BCUT2D eigenvalue weighted by Crippen LogP contribution is 2.22. The van der Waals surface area contributed by atoms with Crippen molar-refractivity contribution in [1.29, 1.82) is 0 Å². The molecule has 0 aliphatic rings. The molecule has 0 saturated heterocycles. The third kappa shape index (κ3) is 4.42. The highest BCUT2D eigenvalue weighted by Gasteiger charge is 2.13. The van der Waals surface area contributed by atoms with E-state index in [9.17, 15) is 0 Å². The zero-order valence-corrected chi connectivity index (χ0v) is 15.0. The summed E-state index contributed by atoms with van der Waals surface area (Å²) in [5.41, 5.74) is 3.57. The quantitative estimate of drug-likeness (QED) is 0.870. The Hall–Kier alpha value is -1.13. The van der Waals surface area contributed by atoms with Gasteiger partial charge in [-0.15, -0.1) is 0 Å². The number of nitrogens with zero attached hydrogens (tertiary/aromatic N) is 2. The summed E-state index contributed by atoms with van der Waals surface area (Å²) in [6.45, 7) is 11.7. The van der Waals surface area contributed by atoms with Crippen molar-refractivity contribution in [1.82, 2.24) is 15.1 Å². The molecule has 21 heavy (non-hydrogen) atoms. The van der Waals surface area contributed by atoms with Gasteiger partial charge in [-0.25, -0.2) is 4.68 Å². The standard InChI is InChI=1S/C17H24BrN3/c1-12(2)15-8-9-21(20-15)16-7-6-14(18)10-13(16)11-19-17(3,4)5/h6-10,12,19H,11H2,1-5H3. The van der Waals surface area contributed by atoms with Gasteiger partial charge in [0, 0.05) is 22.8 Å². The van der Waals surface area contributed by atoms with E-state index < -0.39 is 0 Å². The van der Waals surface area contributed by atoms with Crippen LogP contribution in [0.2, 0.25) is 0 Å². The summed E-state index contributed by atoms with van der Waals surface area (Å²) in [5.74, 6) is 0.442. The third-order valence-electron chi connectivity index (χ3n) is 3.30. The summed E-state index contributed by atoms with van der Waals surface area (Å²) in [7, 11) is 0. The minimum Gasteiger partial charge on any atom is -0.308 e. The molecule has 0 saturated carbocycles. The molecule has 0 radical (unpaired) electrons. The van der Waals surface area contributed by atoms with E-state index in [1.54, 1.807) is 0 Å². The van der Waals surface area contributed by atoms with Crippen molar-refractivity contribution in [3.8, 4) is 5.69 Å². The predicted molar refractivity (Wildman–Crippen MR) is 91.9 cm³/mol. The fourth-order valence-electron chi connectivity index (χ4n) is 2.06. The van der Waals surface area contributed by atoms with Crippen LogP contribution in [-0.2, 0) is 6.54 Å². The summed E-state index contributed by atoms with van der Waals surface area (Å²) < 4.78 is 3.06. The van der Waals surface area contributed by atoms with Gasteiger partial charge in [-0.3, -0.25) is 0 Å². The topological polar surface area (TPSA) is 29.9 Å². The fraction of sp³-hybridized carbons (Fsp3) is 0.471. The van der Waals surface area contributed by atoms with Gasteiger partial charge in [0.25, 0.3) is 0 Å². The maximum absolute atomic E-state index is 4.69. The van der Waals surface area contributed by atoms with Gasteiger partial charge in [0.15, 0.2) is 0 Å². The van der Waals surface area contributed by atoms with Crippen LogP contribution in [0.3, 0.4) is 0 Å². The highest BCUT2D eigenvalue weighted by molar-refractivity contribution is 9.10. The van der Waals surface area contributed by atoms with Crippen LogP contribution in [0.4, 0.5) is 0 Å². The van der Waals surface area contributed by atoms with Crippen molar-refractivity contribution in [2.75, 3.05) is 0 Å². The molecule has 114 valence electrons. The smallest absolute Gasteiger partial charge is 0.0691 e. The second-order valence-electron chi connectivity index (χ2n) is 6.72. The first-order valence-corrected chi connectivity index (χ1v) is 8.15. The van der Waals surface area contributed by atoms with Crippen LogP contribution in [0, 0.1) is 0 Å². The predicted octanol–water partition coefficient (Wildman–Crippen LogP) is 4.65. The first-order chi connectivity index (χ1) is 9.76. The molecule has 1 aromatic carbocycles. The van der Waals surface area contributed by atoms with Crippen molar-refractivity contribution in [3.63, 3.8) is 0 Å². The lowest BCUT2D eigenvalue weighted by Crippen LogP contribution is -2.35. The Balaban J connectivity index is 2.33. The Bertz CT molecular complexity index is 609. The van der Waals surface area contributed by atoms with Crippen molar-refractivity contribution in [3.05, 3.63) is 46.2 Å². The molecule has 0 fully saturated rings. The monoisotopic (exact) mass is 349 g/mol. The SMILES string of the molecule is CC(C)c1ccn(-c2ccc(Br)cc2CNC(C)(C)C)n1. The second kappa shape index (κ2) is 6.32. The molecule has 0 atom stereocenters. The Morgan fingerprint density at radius 1 is 1.24 bits per heavy atom. The molecule has 0 aliphatic carbocycles. The molecule has 2 aromatic rings. The number of halogens is 1. The Kier molecular flexibility index (Phi) is 4.89. The number of rotatable bonds is 4. The lowest BCUT2D eigenvalue weighted by atomic mass is 10.1. The van der Waals surface area contributed by atoms with E-state index in [2.05, 4.69) is 85.2 Å². The Morgan fingerprint density at radius 2 is 1.95 bits per heavy atom. The van der Waals surface area contributed by atoms with Crippen molar-refractivity contribution >= 4 is 15.9 Å². The largest absolute Gasteiger partial charge is 0.308 e. The van der Waals surface area contributed by atoms with E-state index in [4.69, 9.17) is 0 Å². The van der Waals surface area contributed by atoms with E-state index in [-0.39, 0.29) is 5.54 Å². The summed E-state index contributed by atoms with van der Waals surface area (Å²) in [5, 5.41) is 8.23. The van der Waals surface area contributed by atoms with Crippen molar-refractivity contribution in [2.45, 2.75) is 52.6 Å². The molecule has 4 heteroatoms. The molecule has 2 rings (SSSR count). The van der Waals surface area contributed by atoms with Crippen LogP contribution in [0.15, 0.2) is 34.9 Å². The lowest BCUT2D eigenvalue weighted by molar-refractivity contribution is 0.423. The van der Waals surface area contributed by atoms with E-state index in [1.807, 2.05) is 10.9 Å². The van der Waals surface area contributed by atoms with Crippen LogP contribution < -0.4 is 5.32 Å². The zero-order chi connectivity index (χ0) is 15.6. The van der Waals surface area contributed by atoms with E-state index >= 15 is 0 Å². The molecule has 1 N–H and O–H groups in total. The molecule has 0 bridgehead atoms. The van der Waals surface area contributed by atoms with Gasteiger partial charge < -0.3 is 5.32 Å². The van der Waals surface area contributed by atoms with Gasteiger partial charge in [0.2, 0.25) is 0 Å². The number of hydrogen-bond acceptors (Lipinski definition) is 2. The van der Waals surface area contributed by atoms with Gasteiger partial charge in [0.05, 0.1) is 11.4 Å². The average Bonchev–Trinajstić information content (AvgIpc) is 2.85. The van der Waals surface area contributed by atoms with E-state index in [1.165, 1.54) is 5.56 Å². The summed E-state index contributed by atoms with van der Waals surface area (Å²) in [6.07, 6.45) is 2.04. The average molecular weight is 350 g/mol. The van der Waals surface area contributed by atoms with Crippen LogP contribution in [0.1, 0.15) is 51.8 Å². The highest BCUT2D eigenvalue weighted by atomic mass is 79.9. The first-order valence-electron chi connectivity index (χ1n) is 7.35. The van der Waals surface area contributed by atoms with Crippen molar-refractivity contribution < 1.29 is 0 Å². The molecule has 0 aliphatic heterocycles. The van der Waals surface area contributed by atoms with Crippen LogP contribution in [0.25, 0.3) is 5.69 Å². The van der Waals surface area contributed by atoms with E-state index in [0.29, 0.717) is 5.92 Å². The molecule has 1 heterocycles. The minimum absolute atomic E-state index is 0.0901. The Morgan fingerprint density at radius 3 is 2.52 bits per heavy atom. The summed E-state index contributed by atoms with van der Waals surface area (Å²) in [6, 6.07) is 8.42. The summed E-state index contributed by atoms with van der Waals surface area (Å²) in [4.78, 5) is 0. The molecule has 0 unspecified atom stereocenters. The minimum atomic E-state index is 0.0901. The van der Waals surface area contributed by atoms with Gasteiger partial charge >= 0.3 is 0 Å². The van der Waals surface area contributed by atoms with E-state index in [0.717, 1.165) is 22.4 Å². The number of benzene rings is 1. The second-order valence-corrected chi connectivity index (χ2v) is 7.63. The molecular weight excluding hydrogens is 326 g/mol. The lowest BCUT2D eigenvalue weighted by Gasteiger charge is -2.22. The number of nitrogens with one attached hydrogen (secondary N) is 1. The molecule has 1 aromatic heterocycles. The van der Waals surface area contributed by atoms with Crippen LogP contribution in [0.5, 0.6) is 0 Å². The number of aromatic nitrogens is 2. The van der Waals surface area contributed by atoms with Crippen molar-refractivity contribution in [2.24, 2.45) is 0 Å². The summed E-state index contributed by atoms with van der Waals surface area (Å²) >= 11 is 3.56. The van der Waals surface area contributed by atoms with Gasteiger partial charge in [0.1, 0.15) is 0 Å². The van der Waals surface area contributed by atoms with Gasteiger partial charge in [-0.05, 0) is 56.5 Å². The zero-order valence-electron chi connectivity index (χ0n) is 13.4. The normalized spacial score (nSPS) is 12.1. The fourth-order valence-corrected chi connectivity index (χ4v) is 2.47. The molecular formula is C17H24BrN3. The maximum Gasteiger partial charge on any atom is 0.0691 e. The molecule has 0 amide bonds. The third-order valence-corrected chi connectivity index (χ3v) is 3.79. The van der Waals surface area contributed by atoms with Crippen LogP contribution >= 0.6 is 15.9 Å². The van der Waals surface area contributed by atoms with Crippen LogP contribution in [-0.4, -0.2) is 15.3 Å². The maximum atomic E-state index is 4.69. The molecule has 0 spiro atoms. The number of hydrogen-bond donors (Lipinski definition) is 1. The molecule has 3 nitrogen and oxygen atoms in total. The van der Waals surface area contributed by atoms with Gasteiger partial charge in [-0.2, -0.15) is 5.10 Å². The first kappa shape index (κ1) is 16.2.